The highest BCUT2D eigenvalue weighted by molar-refractivity contribution is 6.08. The normalized spacial score (nSPS) is 17.3. The van der Waals surface area contributed by atoms with E-state index in [0.717, 1.165) is 33.8 Å². The van der Waals surface area contributed by atoms with Crippen molar-refractivity contribution in [1.29, 1.82) is 0 Å². The summed E-state index contributed by atoms with van der Waals surface area (Å²) in [6.45, 7) is 0. The molecule has 0 atom stereocenters. The van der Waals surface area contributed by atoms with Crippen LogP contribution in [-0.2, 0) is 11.0 Å². The van der Waals surface area contributed by atoms with Gasteiger partial charge in [-0.2, -0.15) is 0 Å². The van der Waals surface area contributed by atoms with Crippen LogP contribution in [0.25, 0.3) is 28.0 Å². The summed E-state index contributed by atoms with van der Waals surface area (Å²) >= 11 is 0. The molecule has 208 valence electrons. The van der Waals surface area contributed by atoms with Gasteiger partial charge >= 0.3 is 0 Å². The van der Waals surface area contributed by atoms with Crippen LogP contribution in [0.1, 0.15) is 59.9 Å². The molecule has 0 aromatic heterocycles. The lowest BCUT2D eigenvalue weighted by atomic mass is 9.66. The number of fused-ring (bicyclic) bond motifs is 10. The molecule has 2 aliphatic carbocycles. The Morgan fingerprint density at radius 3 is 1.88 bits per heavy atom. The van der Waals surface area contributed by atoms with E-state index < -0.39 is 5.60 Å². The van der Waals surface area contributed by atoms with Gasteiger partial charge in [0.15, 0.2) is 5.60 Å². The van der Waals surface area contributed by atoms with Crippen LogP contribution in [0.5, 0.6) is 17.2 Å². The highest BCUT2D eigenvalue weighted by Gasteiger charge is 2.48. The first-order valence-electron chi connectivity index (χ1n) is 15.0. The highest BCUT2D eigenvalue weighted by Crippen LogP contribution is 2.62. The average molecular weight is 551 g/mol. The Morgan fingerprint density at radius 2 is 1.24 bits per heavy atom. The largest absolute Gasteiger partial charge is 0.497 e. The third-order valence-electron chi connectivity index (χ3n) is 9.89. The molecule has 42 heavy (non-hydrogen) atoms. The van der Waals surface area contributed by atoms with Crippen molar-refractivity contribution < 1.29 is 14.2 Å². The zero-order valence-corrected chi connectivity index (χ0v) is 24.2. The monoisotopic (exact) mass is 550 g/mol. The Balaban J connectivity index is 1.42. The summed E-state index contributed by atoms with van der Waals surface area (Å²) in [4.78, 5) is 0. The van der Waals surface area contributed by atoms with E-state index in [4.69, 9.17) is 14.2 Å². The standard InChI is InChI=1S/C39H34O3/c1-40-28-18-14-26(15-19-28)39(27-16-20-29(41-2)21-17-27)25-22-33-36-35(30-10-4-5-11-31(30)37(33)42-39)32-12-6-7-13-34(32)38(36)23-8-3-9-24-38/h4-7,10-22,25H,3,8-9,23-24H2,1-2H3. The minimum absolute atomic E-state index is 0.0201. The molecule has 0 amide bonds. The third-order valence-corrected chi connectivity index (χ3v) is 9.89. The molecule has 0 saturated heterocycles. The van der Waals surface area contributed by atoms with Gasteiger partial charge in [0.2, 0.25) is 0 Å². The molecule has 0 radical (unpaired) electrons. The molecule has 0 N–H and O–H groups in total. The minimum atomic E-state index is -0.812. The smallest absolute Gasteiger partial charge is 0.178 e. The van der Waals surface area contributed by atoms with Crippen LogP contribution < -0.4 is 14.2 Å². The van der Waals surface area contributed by atoms with Gasteiger partial charge in [-0.3, -0.25) is 0 Å². The van der Waals surface area contributed by atoms with Gasteiger partial charge in [0, 0.05) is 27.5 Å². The van der Waals surface area contributed by atoms with Gasteiger partial charge in [-0.15, -0.1) is 0 Å². The zero-order valence-electron chi connectivity index (χ0n) is 24.2. The second kappa shape index (κ2) is 9.52. The zero-order chi connectivity index (χ0) is 28.3. The fourth-order valence-electron chi connectivity index (χ4n) is 7.95. The second-order valence-corrected chi connectivity index (χ2v) is 11.9. The highest BCUT2D eigenvalue weighted by atomic mass is 16.5. The van der Waals surface area contributed by atoms with Crippen LogP contribution >= 0.6 is 0 Å². The molecule has 1 saturated carbocycles. The van der Waals surface area contributed by atoms with Crippen molar-refractivity contribution in [2.45, 2.75) is 43.1 Å². The molecular formula is C39H34O3. The van der Waals surface area contributed by atoms with E-state index in [-0.39, 0.29) is 5.41 Å². The van der Waals surface area contributed by atoms with Gasteiger partial charge in [0.05, 0.1) is 14.2 Å². The molecule has 1 spiro atoms. The molecule has 5 aromatic rings. The Morgan fingerprint density at radius 1 is 0.643 bits per heavy atom. The third kappa shape index (κ3) is 3.46. The van der Waals surface area contributed by atoms with Crippen LogP contribution in [-0.4, -0.2) is 14.2 Å². The van der Waals surface area contributed by atoms with Gasteiger partial charge in [-0.25, -0.2) is 0 Å². The van der Waals surface area contributed by atoms with Gasteiger partial charge < -0.3 is 14.2 Å². The Labute approximate surface area is 247 Å². The lowest BCUT2D eigenvalue weighted by Gasteiger charge is -2.41. The summed E-state index contributed by atoms with van der Waals surface area (Å²) in [7, 11) is 3.40. The first kappa shape index (κ1) is 25.2. The van der Waals surface area contributed by atoms with E-state index in [1.54, 1.807) is 14.2 Å². The van der Waals surface area contributed by atoms with Crippen molar-refractivity contribution in [3.05, 3.63) is 131 Å². The van der Waals surface area contributed by atoms with Gasteiger partial charge in [-0.1, -0.05) is 98.1 Å². The molecule has 1 aliphatic heterocycles. The van der Waals surface area contributed by atoms with Crippen LogP contribution in [0.15, 0.2) is 103 Å². The number of ether oxygens (including phenoxy) is 3. The fraction of sp³-hybridized carbons (Fsp3) is 0.231. The fourth-order valence-corrected chi connectivity index (χ4v) is 7.95. The predicted molar refractivity (Wildman–Crippen MR) is 170 cm³/mol. The molecule has 3 heteroatoms. The Bertz CT molecular complexity index is 1790. The minimum Gasteiger partial charge on any atom is -0.497 e. The number of hydrogen-bond acceptors (Lipinski definition) is 3. The van der Waals surface area contributed by atoms with Gasteiger partial charge in [-0.05, 0) is 70.8 Å². The maximum Gasteiger partial charge on any atom is 0.178 e. The molecular weight excluding hydrogens is 516 g/mol. The molecule has 5 aromatic carbocycles. The van der Waals surface area contributed by atoms with Crippen molar-refractivity contribution >= 4 is 16.8 Å². The van der Waals surface area contributed by atoms with Crippen molar-refractivity contribution in [2.24, 2.45) is 0 Å². The quantitative estimate of drug-likeness (QED) is 0.223. The lowest BCUT2D eigenvalue weighted by Crippen LogP contribution is -2.35. The summed E-state index contributed by atoms with van der Waals surface area (Å²) in [5, 5.41) is 2.43. The van der Waals surface area contributed by atoms with Gasteiger partial charge in [0.25, 0.3) is 0 Å². The van der Waals surface area contributed by atoms with Crippen LogP contribution in [0.3, 0.4) is 0 Å². The van der Waals surface area contributed by atoms with E-state index in [0.29, 0.717) is 0 Å². The summed E-state index contributed by atoms with van der Waals surface area (Å²) in [5.41, 5.74) is 8.30. The second-order valence-electron chi connectivity index (χ2n) is 11.9. The Kier molecular flexibility index (Phi) is 5.72. The van der Waals surface area contributed by atoms with Crippen LogP contribution in [0.2, 0.25) is 0 Å². The number of rotatable bonds is 4. The van der Waals surface area contributed by atoms with E-state index in [1.807, 2.05) is 24.3 Å². The molecule has 8 rings (SSSR count). The molecule has 1 heterocycles. The number of benzene rings is 5. The molecule has 0 unspecified atom stereocenters. The summed E-state index contributed by atoms with van der Waals surface area (Å²) in [6, 6.07) is 34.5. The summed E-state index contributed by atoms with van der Waals surface area (Å²) < 4.78 is 18.5. The average Bonchev–Trinajstić information content (AvgIpc) is 3.34. The SMILES string of the molecule is COc1ccc(C2(c3ccc(OC)cc3)C=Cc3c4c(c5ccccc5c3O2)-c2ccccc2C42CCCCC2)cc1. The first-order chi connectivity index (χ1) is 20.7. The number of hydrogen-bond donors (Lipinski definition) is 0. The van der Waals surface area contributed by atoms with E-state index in [1.165, 1.54) is 65.3 Å². The Hall–Kier alpha value is -4.50. The van der Waals surface area contributed by atoms with Crippen molar-refractivity contribution in [3.63, 3.8) is 0 Å². The molecule has 3 aliphatic rings. The maximum absolute atomic E-state index is 7.44. The lowest BCUT2D eigenvalue weighted by molar-refractivity contribution is 0.163. The predicted octanol–water partition coefficient (Wildman–Crippen LogP) is 9.44. The van der Waals surface area contributed by atoms with E-state index in [9.17, 15) is 0 Å². The van der Waals surface area contributed by atoms with E-state index in [2.05, 4.69) is 84.9 Å². The molecule has 1 fully saturated rings. The first-order valence-corrected chi connectivity index (χ1v) is 15.0. The van der Waals surface area contributed by atoms with Crippen molar-refractivity contribution in [2.75, 3.05) is 14.2 Å². The molecule has 3 nitrogen and oxygen atoms in total. The summed E-state index contributed by atoms with van der Waals surface area (Å²) in [5.74, 6) is 2.62. The van der Waals surface area contributed by atoms with E-state index >= 15 is 0 Å². The van der Waals surface area contributed by atoms with Crippen molar-refractivity contribution in [1.82, 2.24) is 0 Å². The molecule has 0 bridgehead atoms. The topological polar surface area (TPSA) is 27.7 Å². The van der Waals surface area contributed by atoms with Crippen LogP contribution in [0.4, 0.5) is 0 Å². The maximum atomic E-state index is 7.44. The number of methoxy groups -OCH3 is 2. The van der Waals surface area contributed by atoms with Crippen LogP contribution in [0, 0.1) is 0 Å². The van der Waals surface area contributed by atoms with Gasteiger partial charge in [0.1, 0.15) is 17.2 Å². The summed E-state index contributed by atoms with van der Waals surface area (Å²) in [6.07, 6.45) is 10.8. The van der Waals surface area contributed by atoms with Crippen molar-refractivity contribution in [3.8, 4) is 28.4 Å².